The molecule has 0 amide bonds. The van der Waals surface area contributed by atoms with Crippen molar-refractivity contribution in [3.63, 3.8) is 0 Å². The third-order valence-corrected chi connectivity index (χ3v) is 2.63. The predicted molar refractivity (Wildman–Crippen MR) is 46.4 cm³/mol. The van der Waals surface area contributed by atoms with E-state index in [0.29, 0.717) is 0 Å². The van der Waals surface area contributed by atoms with E-state index >= 15 is 0 Å². The van der Waals surface area contributed by atoms with Gasteiger partial charge in [0.05, 0.1) is 5.92 Å². The summed E-state index contributed by atoms with van der Waals surface area (Å²) >= 11 is 3.26. The van der Waals surface area contributed by atoms with Gasteiger partial charge in [-0.25, -0.2) is 8.78 Å². The molecule has 0 bridgehead atoms. The van der Waals surface area contributed by atoms with E-state index in [1.54, 1.807) is 24.3 Å². The molecule has 1 aliphatic carbocycles. The average molecular weight is 233 g/mol. The Balaban J connectivity index is 2.21. The van der Waals surface area contributed by atoms with Crippen LogP contribution in [0.25, 0.3) is 0 Å². The molecule has 3 heteroatoms. The second-order valence-corrected chi connectivity index (χ2v) is 3.98. The highest BCUT2D eigenvalue weighted by atomic mass is 79.9. The molecule has 0 N–H and O–H groups in total. The highest BCUT2D eigenvalue weighted by Crippen LogP contribution is 2.55. The molecule has 0 heterocycles. The topological polar surface area (TPSA) is 0 Å². The van der Waals surface area contributed by atoms with E-state index in [4.69, 9.17) is 0 Å². The summed E-state index contributed by atoms with van der Waals surface area (Å²) in [5.41, 5.74) is 0.739. The van der Waals surface area contributed by atoms with E-state index in [1.165, 1.54) is 0 Å². The molecule has 1 saturated carbocycles. The van der Waals surface area contributed by atoms with Crippen molar-refractivity contribution in [2.45, 2.75) is 18.3 Å². The van der Waals surface area contributed by atoms with Crippen molar-refractivity contribution in [2.75, 3.05) is 0 Å². The molecular formula is C9H7BrF2. The Morgan fingerprint density at radius 1 is 1.25 bits per heavy atom. The van der Waals surface area contributed by atoms with E-state index in [1.807, 2.05) is 0 Å². The predicted octanol–water partition coefficient (Wildman–Crippen LogP) is 3.57. The van der Waals surface area contributed by atoms with Gasteiger partial charge >= 0.3 is 0 Å². The molecule has 1 aromatic carbocycles. The minimum Gasteiger partial charge on any atom is -0.206 e. The molecule has 1 fully saturated rings. The number of benzene rings is 1. The summed E-state index contributed by atoms with van der Waals surface area (Å²) in [4.78, 5) is 0. The van der Waals surface area contributed by atoms with E-state index in [-0.39, 0.29) is 6.42 Å². The Hall–Kier alpha value is -0.440. The van der Waals surface area contributed by atoms with Crippen LogP contribution in [0.1, 0.15) is 17.9 Å². The number of rotatable bonds is 1. The van der Waals surface area contributed by atoms with Gasteiger partial charge in [0.2, 0.25) is 0 Å². The molecule has 0 radical (unpaired) electrons. The second-order valence-electron chi connectivity index (χ2n) is 3.07. The monoisotopic (exact) mass is 232 g/mol. The third kappa shape index (κ3) is 1.38. The smallest absolute Gasteiger partial charge is 0.206 e. The van der Waals surface area contributed by atoms with Gasteiger partial charge in [-0.2, -0.15) is 0 Å². The summed E-state index contributed by atoms with van der Waals surface area (Å²) in [7, 11) is 0. The summed E-state index contributed by atoms with van der Waals surface area (Å²) < 4.78 is 26.1. The van der Waals surface area contributed by atoms with Gasteiger partial charge in [-0.15, -0.1) is 0 Å². The first-order valence-electron chi connectivity index (χ1n) is 3.73. The van der Waals surface area contributed by atoms with Gasteiger partial charge in [-0.05, 0) is 17.7 Å². The highest BCUT2D eigenvalue weighted by molar-refractivity contribution is 9.10. The fourth-order valence-electron chi connectivity index (χ4n) is 1.27. The first-order chi connectivity index (χ1) is 5.59. The van der Waals surface area contributed by atoms with Crippen molar-refractivity contribution in [1.29, 1.82) is 0 Å². The van der Waals surface area contributed by atoms with Gasteiger partial charge in [0.1, 0.15) is 0 Å². The van der Waals surface area contributed by atoms with Crippen molar-refractivity contribution < 1.29 is 8.78 Å². The molecule has 12 heavy (non-hydrogen) atoms. The molecule has 0 nitrogen and oxygen atoms in total. The largest absolute Gasteiger partial charge is 0.255 e. The zero-order valence-electron chi connectivity index (χ0n) is 6.23. The summed E-state index contributed by atoms with van der Waals surface area (Å²) in [5, 5.41) is 0. The lowest BCUT2D eigenvalue weighted by Gasteiger charge is -1.98. The van der Waals surface area contributed by atoms with Crippen LogP contribution in [-0.4, -0.2) is 5.92 Å². The summed E-state index contributed by atoms with van der Waals surface area (Å²) in [6, 6.07) is 7.08. The Morgan fingerprint density at radius 3 is 2.17 bits per heavy atom. The van der Waals surface area contributed by atoms with Crippen LogP contribution >= 0.6 is 15.9 Å². The molecule has 1 aromatic rings. The van der Waals surface area contributed by atoms with Crippen LogP contribution in [0.3, 0.4) is 0 Å². The molecule has 0 aliphatic heterocycles. The van der Waals surface area contributed by atoms with Gasteiger partial charge in [-0.1, -0.05) is 28.1 Å². The summed E-state index contributed by atoms with van der Waals surface area (Å²) in [6.07, 6.45) is 0.00856. The van der Waals surface area contributed by atoms with Crippen LogP contribution in [0.15, 0.2) is 28.7 Å². The second kappa shape index (κ2) is 2.52. The van der Waals surface area contributed by atoms with Gasteiger partial charge in [0.25, 0.3) is 5.92 Å². The van der Waals surface area contributed by atoms with Crippen LogP contribution < -0.4 is 0 Å². The number of hydrogen-bond acceptors (Lipinski definition) is 0. The molecule has 0 unspecified atom stereocenters. The van der Waals surface area contributed by atoms with E-state index in [2.05, 4.69) is 15.9 Å². The van der Waals surface area contributed by atoms with E-state index in [9.17, 15) is 8.78 Å². The first-order valence-corrected chi connectivity index (χ1v) is 4.52. The van der Waals surface area contributed by atoms with Crippen LogP contribution in [-0.2, 0) is 0 Å². The van der Waals surface area contributed by atoms with Gasteiger partial charge in [0, 0.05) is 10.9 Å². The standard InChI is InChI=1S/C9H7BrF2/c10-7-3-1-6(2-4-7)8-5-9(8,11)12/h1-4,8H,5H2/t8-/m0/s1. The lowest BCUT2D eigenvalue weighted by Crippen LogP contribution is -1.91. The third-order valence-electron chi connectivity index (χ3n) is 2.10. The molecule has 1 aliphatic rings. The van der Waals surface area contributed by atoms with Gasteiger partial charge in [0.15, 0.2) is 0 Å². The normalized spacial score (nSPS) is 25.4. The minimum absolute atomic E-state index is 0.00856. The summed E-state index contributed by atoms with van der Waals surface area (Å²) in [5.74, 6) is -2.99. The molecule has 0 aromatic heterocycles. The van der Waals surface area contributed by atoms with Crippen molar-refractivity contribution in [3.8, 4) is 0 Å². The Bertz CT molecular complexity index is 292. The fourth-order valence-corrected chi connectivity index (χ4v) is 1.53. The molecule has 0 saturated heterocycles. The van der Waals surface area contributed by atoms with Crippen LogP contribution in [0.5, 0.6) is 0 Å². The van der Waals surface area contributed by atoms with Gasteiger partial charge in [-0.3, -0.25) is 0 Å². The lowest BCUT2D eigenvalue weighted by molar-refractivity contribution is 0.112. The Labute approximate surface area is 77.7 Å². The van der Waals surface area contributed by atoms with Crippen molar-refractivity contribution >= 4 is 15.9 Å². The van der Waals surface area contributed by atoms with Gasteiger partial charge < -0.3 is 0 Å². The Kier molecular flexibility index (Phi) is 1.72. The minimum atomic E-state index is -2.45. The molecular weight excluding hydrogens is 226 g/mol. The number of halogens is 3. The molecule has 2 rings (SSSR count). The van der Waals surface area contributed by atoms with Crippen LogP contribution in [0.4, 0.5) is 8.78 Å². The summed E-state index contributed by atoms with van der Waals surface area (Å²) in [6.45, 7) is 0. The van der Waals surface area contributed by atoms with Crippen LogP contribution in [0, 0.1) is 0 Å². The molecule has 64 valence electrons. The number of alkyl halides is 2. The van der Waals surface area contributed by atoms with E-state index < -0.39 is 11.8 Å². The van der Waals surface area contributed by atoms with Crippen LogP contribution in [0.2, 0.25) is 0 Å². The maximum absolute atomic E-state index is 12.6. The van der Waals surface area contributed by atoms with E-state index in [0.717, 1.165) is 10.0 Å². The Morgan fingerprint density at radius 2 is 1.75 bits per heavy atom. The molecule has 0 spiro atoms. The maximum Gasteiger partial charge on any atom is 0.255 e. The van der Waals surface area contributed by atoms with Crippen molar-refractivity contribution in [2.24, 2.45) is 0 Å². The van der Waals surface area contributed by atoms with Crippen molar-refractivity contribution in [1.82, 2.24) is 0 Å². The quantitative estimate of drug-likeness (QED) is 0.695. The first kappa shape index (κ1) is 8.17. The lowest BCUT2D eigenvalue weighted by atomic mass is 10.1. The SMILES string of the molecule is FC1(F)C[C@H]1c1ccc(Br)cc1. The van der Waals surface area contributed by atoms with Crippen molar-refractivity contribution in [3.05, 3.63) is 34.3 Å². The highest BCUT2D eigenvalue weighted by Gasteiger charge is 2.57. The average Bonchev–Trinajstić information content (AvgIpc) is 2.61. The fraction of sp³-hybridized carbons (Fsp3) is 0.333. The molecule has 1 atom stereocenters. The zero-order valence-corrected chi connectivity index (χ0v) is 7.81. The maximum atomic E-state index is 12.6. The zero-order chi connectivity index (χ0) is 8.77. The number of hydrogen-bond donors (Lipinski definition) is 0.